The normalized spacial score (nSPS) is 23.9. The zero-order valence-electron chi connectivity index (χ0n) is 17.4. The summed E-state index contributed by atoms with van der Waals surface area (Å²) in [6, 6.07) is 12.2. The summed E-state index contributed by atoms with van der Waals surface area (Å²) in [6.07, 6.45) is -3.24. The fraction of sp³-hybridized carbons (Fsp3) is 0.409. The van der Waals surface area contributed by atoms with Crippen LogP contribution in [-0.2, 0) is 11.0 Å². The largest absolute Gasteiger partial charge is 0.433 e. The molecule has 2 saturated heterocycles. The first kappa shape index (κ1) is 20.9. The monoisotopic (exact) mass is 444 g/mol. The maximum atomic E-state index is 13.4. The van der Waals surface area contributed by atoms with Crippen molar-refractivity contribution in [1.29, 1.82) is 0 Å². The van der Waals surface area contributed by atoms with Gasteiger partial charge < -0.3 is 4.90 Å². The summed E-state index contributed by atoms with van der Waals surface area (Å²) in [6.45, 7) is 2.50. The summed E-state index contributed by atoms with van der Waals surface area (Å²) < 4.78 is 41.1. The van der Waals surface area contributed by atoms with Gasteiger partial charge in [-0.25, -0.2) is 20.4 Å². The van der Waals surface area contributed by atoms with E-state index in [9.17, 15) is 18.0 Å². The van der Waals surface area contributed by atoms with Crippen molar-refractivity contribution in [3.8, 4) is 0 Å². The molecule has 0 bridgehead atoms. The number of nitrogens with zero attached hydrogens (tertiary/aromatic N) is 4. The highest BCUT2D eigenvalue weighted by atomic mass is 19.4. The lowest BCUT2D eigenvalue weighted by Gasteiger charge is -2.20. The number of carbonyl (C=O) groups excluding carboxylic acids is 1. The maximum Gasteiger partial charge on any atom is 0.433 e. The number of hydrogen-bond acceptors (Lipinski definition) is 5. The van der Waals surface area contributed by atoms with Crippen LogP contribution in [0.2, 0.25) is 0 Å². The van der Waals surface area contributed by atoms with Gasteiger partial charge in [0.15, 0.2) is 5.65 Å². The van der Waals surface area contributed by atoms with Crippen LogP contribution in [-0.4, -0.2) is 44.5 Å². The molecule has 7 nitrogen and oxygen atoms in total. The average molecular weight is 444 g/mol. The fourth-order valence-electron chi connectivity index (χ4n) is 4.56. The van der Waals surface area contributed by atoms with Crippen molar-refractivity contribution in [2.45, 2.75) is 43.9 Å². The maximum absolute atomic E-state index is 13.4. The Morgan fingerprint density at radius 2 is 1.94 bits per heavy atom. The molecule has 4 heterocycles. The number of nitrogens with one attached hydrogen (secondary N) is 2. The summed E-state index contributed by atoms with van der Waals surface area (Å²) in [5.74, 6) is -0.131. The van der Waals surface area contributed by atoms with Crippen LogP contribution < -0.4 is 10.9 Å². The molecule has 0 radical (unpaired) electrons. The number of aryl methyl sites for hydroxylation is 1. The number of aromatic nitrogens is 3. The predicted molar refractivity (Wildman–Crippen MR) is 111 cm³/mol. The smallest absolute Gasteiger partial charge is 0.341 e. The Hall–Kier alpha value is -2.98. The van der Waals surface area contributed by atoms with Crippen molar-refractivity contribution in [2.24, 2.45) is 0 Å². The van der Waals surface area contributed by atoms with E-state index in [0.717, 1.165) is 16.1 Å². The molecule has 2 aliphatic rings. The molecular weight excluding hydrogens is 421 g/mol. The third-order valence-electron chi connectivity index (χ3n) is 6.19. The Kier molecular flexibility index (Phi) is 5.13. The molecule has 0 aliphatic carbocycles. The molecule has 0 saturated carbocycles. The van der Waals surface area contributed by atoms with E-state index in [0.29, 0.717) is 31.6 Å². The molecule has 2 N–H and O–H groups in total. The highest BCUT2D eigenvalue weighted by Crippen LogP contribution is 2.33. The van der Waals surface area contributed by atoms with Gasteiger partial charge >= 0.3 is 6.18 Å². The van der Waals surface area contributed by atoms with Crippen molar-refractivity contribution in [2.75, 3.05) is 13.1 Å². The number of rotatable bonds is 3. The lowest BCUT2D eigenvalue weighted by atomic mass is 10.0. The second-order valence-corrected chi connectivity index (χ2v) is 8.43. The van der Waals surface area contributed by atoms with Gasteiger partial charge in [0.05, 0.1) is 5.69 Å². The molecule has 3 aromatic rings. The Morgan fingerprint density at radius 3 is 2.69 bits per heavy atom. The topological polar surface area (TPSA) is 74.6 Å². The minimum absolute atomic E-state index is 0.00727. The molecule has 1 amide bonds. The van der Waals surface area contributed by atoms with Crippen LogP contribution in [0.15, 0.2) is 42.5 Å². The molecule has 5 rings (SSSR count). The third kappa shape index (κ3) is 3.84. The van der Waals surface area contributed by atoms with E-state index >= 15 is 0 Å². The van der Waals surface area contributed by atoms with Crippen molar-refractivity contribution in [1.82, 2.24) is 30.3 Å². The molecule has 168 valence electrons. The number of likely N-dealkylation sites (tertiary alicyclic amines) is 1. The van der Waals surface area contributed by atoms with Crippen LogP contribution >= 0.6 is 0 Å². The van der Waals surface area contributed by atoms with E-state index in [4.69, 9.17) is 0 Å². The number of fused-ring (bicyclic) bond motifs is 1. The molecule has 2 aliphatic heterocycles. The van der Waals surface area contributed by atoms with Gasteiger partial charge in [-0.15, -0.1) is 0 Å². The molecule has 10 heteroatoms. The van der Waals surface area contributed by atoms with Crippen LogP contribution in [0, 0.1) is 6.92 Å². The summed E-state index contributed by atoms with van der Waals surface area (Å²) in [7, 11) is 0. The van der Waals surface area contributed by atoms with Gasteiger partial charge in [-0.3, -0.25) is 4.79 Å². The van der Waals surface area contributed by atoms with Crippen LogP contribution in [0.4, 0.5) is 13.2 Å². The molecular formula is C22H23F3N6O. The van der Waals surface area contributed by atoms with Gasteiger partial charge in [0.1, 0.15) is 11.7 Å². The Bertz CT molecular complexity index is 1150. The van der Waals surface area contributed by atoms with Crippen LogP contribution in [0.3, 0.4) is 0 Å². The van der Waals surface area contributed by atoms with Crippen molar-refractivity contribution >= 4 is 11.6 Å². The van der Waals surface area contributed by atoms with Crippen molar-refractivity contribution in [3.63, 3.8) is 0 Å². The third-order valence-corrected chi connectivity index (χ3v) is 6.19. The lowest BCUT2D eigenvalue weighted by Crippen LogP contribution is -2.44. The van der Waals surface area contributed by atoms with Gasteiger partial charge in [-0.05, 0) is 31.4 Å². The molecule has 2 fully saturated rings. The van der Waals surface area contributed by atoms with E-state index in [1.54, 1.807) is 11.0 Å². The average Bonchev–Trinajstić information content (AvgIpc) is 3.51. The Labute approximate surface area is 182 Å². The summed E-state index contributed by atoms with van der Waals surface area (Å²) in [4.78, 5) is 19.0. The SMILES string of the molecule is Cc1cc(C(F)(F)F)n2nc(C3CCN(C(=O)C4CC(c5ccccc5)NN4)C3)cc2n1. The molecule has 3 atom stereocenters. The van der Waals surface area contributed by atoms with Gasteiger partial charge in [-0.1, -0.05) is 30.3 Å². The highest BCUT2D eigenvalue weighted by Gasteiger charge is 2.38. The van der Waals surface area contributed by atoms with Crippen molar-refractivity contribution < 1.29 is 18.0 Å². The number of alkyl halides is 3. The number of carbonyl (C=O) groups is 1. The van der Waals surface area contributed by atoms with Gasteiger partial charge in [-0.2, -0.15) is 18.3 Å². The Morgan fingerprint density at radius 1 is 1.16 bits per heavy atom. The number of hydrogen-bond donors (Lipinski definition) is 2. The molecule has 3 unspecified atom stereocenters. The predicted octanol–water partition coefficient (Wildman–Crippen LogP) is 2.98. The minimum atomic E-state index is -4.52. The van der Waals surface area contributed by atoms with E-state index in [1.165, 1.54) is 6.92 Å². The highest BCUT2D eigenvalue weighted by molar-refractivity contribution is 5.82. The van der Waals surface area contributed by atoms with E-state index in [1.807, 2.05) is 30.3 Å². The van der Waals surface area contributed by atoms with Crippen molar-refractivity contribution in [3.05, 3.63) is 65.1 Å². The van der Waals surface area contributed by atoms with Crippen LogP contribution in [0.5, 0.6) is 0 Å². The first-order valence-corrected chi connectivity index (χ1v) is 10.6. The summed E-state index contributed by atoms with van der Waals surface area (Å²) >= 11 is 0. The number of hydrazine groups is 1. The number of amides is 1. The zero-order chi connectivity index (χ0) is 22.5. The van der Waals surface area contributed by atoms with Crippen LogP contribution in [0.25, 0.3) is 5.65 Å². The van der Waals surface area contributed by atoms with E-state index in [2.05, 4.69) is 20.9 Å². The van der Waals surface area contributed by atoms with Crippen LogP contribution in [0.1, 0.15) is 47.4 Å². The van der Waals surface area contributed by atoms with Gasteiger partial charge in [0, 0.05) is 36.8 Å². The minimum Gasteiger partial charge on any atom is -0.341 e. The Balaban J connectivity index is 1.30. The summed E-state index contributed by atoms with van der Waals surface area (Å²) in [5, 5.41) is 4.21. The van der Waals surface area contributed by atoms with E-state index in [-0.39, 0.29) is 35.2 Å². The number of benzene rings is 1. The fourth-order valence-corrected chi connectivity index (χ4v) is 4.56. The number of halogens is 3. The standard InChI is InChI=1S/C22H23F3N6O/c1-13-9-19(22(23,24)25)31-20(26-13)11-17(29-31)15-7-8-30(12-15)21(32)18-10-16(27-28-18)14-5-3-2-4-6-14/h2-6,9,11,15-16,18,27-28H,7-8,10,12H2,1H3. The quantitative estimate of drug-likeness (QED) is 0.650. The van der Waals surface area contributed by atoms with E-state index < -0.39 is 11.9 Å². The zero-order valence-corrected chi connectivity index (χ0v) is 17.4. The summed E-state index contributed by atoms with van der Waals surface area (Å²) in [5.41, 5.74) is 7.54. The van der Waals surface area contributed by atoms with Gasteiger partial charge in [0.2, 0.25) is 5.91 Å². The molecule has 0 spiro atoms. The second-order valence-electron chi connectivity index (χ2n) is 8.43. The van der Waals surface area contributed by atoms with Gasteiger partial charge in [0.25, 0.3) is 0 Å². The first-order valence-electron chi connectivity index (χ1n) is 10.6. The second kappa shape index (κ2) is 7.86. The first-order chi connectivity index (χ1) is 15.3. The molecule has 2 aromatic heterocycles. The molecule has 32 heavy (non-hydrogen) atoms. The lowest BCUT2D eigenvalue weighted by molar-refractivity contribution is -0.142. The molecule has 1 aromatic carbocycles.